The first-order valence-electron chi connectivity index (χ1n) is 7.87. The molecule has 108 valence electrons. The van der Waals surface area contributed by atoms with Crippen LogP contribution in [0.5, 0.6) is 0 Å². The van der Waals surface area contributed by atoms with E-state index in [2.05, 4.69) is 45.0 Å². The molecule has 0 saturated heterocycles. The Morgan fingerprint density at radius 3 is 2.33 bits per heavy atom. The van der Waals surface area contributed by atoms with Crippen LogP contribution < -0.4 is 5.32 Å². The zero-order chi connectivity index (χ0) is 13.6. The summed E-state index contributed by atoms with van der Waals surface area (Å²) in [6.07, 6.45) is 8.41. The predicted octanol–water partition coefficient (Wildman–Crippen LogP) is 3.67. The molecule has 0 bridgehead atoms. The third-order valence-corrected chi connectivity index (χ3v) is 4.13. The van der Waals surface area contributed by atoms with E-state index < -0.39 is 0 Å². The highest BCUT2D eigenvalue weighted by Gasteiger charge is 2.22. The summed E-state index contributed by atoms with van der Waals surface area (Å²) in [6.45, 7) is 11.5. The standard InChI is InChI=1S/C16H34N2/c1-6-9-15(12-17-16(2,3)4)18(5)13-14-10-7-8-11-14/h14-15,17H,6-13H2,1-5H3. The average Bonchev–Trinajstić information content (AvgIpc) is 2.75. The summed E-state index contributed by atoms with van der Waals surface area (Å²) >= 11 is 0. The molecule has 1 saturated carbocycles. The number of rotatable bonds is 7. The van der Waals surface area contributed by atoms with Gasteiger partial charge in [-0.3, -0.25) is 0 Å². The van der Waals surface area contributed by atoms with Gasteiger partial charge < -0.3 is 10.2 Å². The van der Waals surface area contributed by atoms with Crippen molar-refractivity contribution in [3.05, 3.63) is 0 Å². The molecule has 1 fully saturated rings. The molecular weight excluding hydrogens is 220 g/mol. The third-order valence-electron chi connectivity index (χ3n) is 4.13. The summed E-state index contributed by atoms with van der Waals surface area (Å²) in [5, 5.41) is 3.67. The molecule has 2 nitrogen and oxygen atoms in total. The van der Waals surface area contributed by atoms with Crippen molar-refractivity contribution >= 4 is 0 Å². The van der Waals surface area contributed by atoms with Gasteiger partial charge in [-0.2, -0.15) is 0 Å². The highest BCUT2D eigenvalue weighted by atomic mass is 15.2. The van der Waals surface area contributed by atoms with E-state index >= 15 is 0 Å². The molecule has 1 N–H and O–H groups in total. The maximum absolute atomic E-state index is 3.67. The van der Waals surface area contributed by atoms with Crippen LogP contribution in [-0.4, -0.2) is 36.6 Å². The first-order valence-corrected chi connectivity index (χ1v) is 7.87. The highest BCUT2D eigenvalue weighted by molar-refractivity contribution is 4.80. The van der Waals surface area contributed by atoms with E-state index in [1.807, 2.05) is 0 Å². The molecule has 1 aliphatic rings. The number of nitrogens with one attached hydrogen (secondary N) is 1. The minimum atomic E-state index is 0.236. The number of hydrogen-bond acceptors (Lipinski definition) is 2. The van der Waals surface area contributed by atoms with E-state index in [4.69, 9.17) is 0 Å². The fourth-order valence-corrected chi connectivity index (χ4v) is 2.98. The van der Waals surface area contributed by atoms with Gasteiger partial charge in [0.2, 0.25) is 0 Å². The number of likely N-dealkylation sites (N-methyl/N-ethyl adjacent to an activating group) is 1. The first-order chi connectivity index (χ1) is 8.42. The van der Waals surface area contributed by atoms with E-state index in [-0.39, 0.29) is 5.54 Å². The normalized spacial score (nSPS) is 19.7. The van der Waals surface area contributed by atoms with Crippen LogP contribution in [0.2, 0.25) is 0 Å². The summed E-state index contributed by atoms with van der Waals surface area (Å²) in [7, 11) is 2.32. The third kappa shape index (κ3) is 6.19. The van der Waals surface area contributed by atoms with Crippen LogP contribution in [0.4, 0.5) is 0 Å². The van der Waals surface area contributed by atoms with Gasteiger partial charge in [-0.15, -0.1) is 0 Å². The maximum atomic E-state index is 3.67. The molecule has 0 spiro atoms. The van der Waals surface area contributed by atoms with Crippen molar-refractivity contribution in [2.75, 3.05) is 20.1 Å². The van der Waals surface area contributed by atoms with Crippen molar-refractivity contribution in [2.45, 2.75) is 77.8 Å². The molecule has 0 aromatic heterocycles. The molecule has 0 amide bonds. The topological polar surface area (TPSA) is 15.3 Å². The van der Waals surface area contributed by atoms with Gasteiger partial charge in [0.15, 0.2) is 0 Å². The van der Waals surface area contributed by atoms with Crippen molar-refractivity contribution in [2.24, 2.45) is 5.92 Å². The van der Waals surface area contributed by atoms with Crippen LogP contribution in [0.15, 0.2) is 0 Å². The molecule has 1 aliphatic carbocycles. The molecule has 0 aromatic carbocycles. The zero-order valence-corrected chi connectivity index (χ0v) is 13.3. The molecule has 2 heteroatoms. The van der Waals surface area contributed by atoms with Crippen molar-refractivity contribution < 1.29 is 0 Å². The number of hydrogen-bond donors (Lipinski definition) is 1. The van der Waals surface area contributed by atoms with Gasteiger partial charge >= 0.3 is 0 Å². The van der Waals surface area contributed by atoms with Gasteiger partial charge in [0, 0.05) is 24.7 Å². The fourth-order valence-electron chi connectivity index (χ4n) is 2.98. The number of nitrogens with zero attached hydrogens (tertiary/aromatic N) is 1. The minimum absolute atomic E-state index is 0.236. The van der Waals surface area contributed by atoms with E-state index in [0.717, 1.165) is 12.5 Å². The van der Waals surface area contributed by atoms with Crippen LogP contribution in [-0.2, 0) is 0 Å². The summed E-state index contributed by atoms with van der Waals surface area (Å²) in [4.78, 5) is 2.61. The fraction of sp³-hybridized carbons (Fsp3) is 1.00. The van der Waals surface area contributed by atoms with Crippen molar-refractivity contribution in [1.82, 2.24) is 10.2 Å². The molecule has 0 heterocycles. The summed E-state index contributed by atoms with van der Waals surface area (Å²) in [6, 6.07) is 0.704. The van der Waals surface area contributed by atoms with Crippen molar-refractivity contribution in [3.8, 4) is 0 Å². The van der Waals surface area contributed by atoms with Crippen molar-refractivity contribution in [1.29, 1.82) is 0 Å². The molecule has 18 heavy (non-hydrogen) atoms. The highest BCUT2D eigenvalue weighted by Crippen LogP contribution is 2.26. The Morgan fingerprint density at radius 1 is 1.22 bits per heavy atom. The minimum Gasteiger partial charge on any atom is -0.311 e. The smallest absolute Gasteiger partial charge is 0.0217 e. The average molecular weight is 254 g/mol. The second-order valence-corrected chi connectivity index (χ2v) is 7.16. The lowest BCUT2D eigenvalue weighted by Gasteiger charge is -2.33. The van der Waals surface area contributed by atoms with Gasteiger partial charge in [-0.1, -0.05) is 26.2 Å². The van der Waals surface area contributed by atoms with Crippen LogP contribution in [0.1, 0.15) is 66.2 Å². The molecule has 1 atom stereocenters. The second kappa shape index (κ2) is 7.49. The second-order valence-electron chi connectivity index (χ2n) is 7.16. The lowest BCUT2D eigenvalue weighted by atomic mass is 10.0. The van der Waals surface area contributed by atoms with E-state index in [9.17, 15) is 0 Å². The Morgan fingerprint density at radius 2 is 1.83 bits per heavy atom. The van der Waals surface area contributed by atoms with Crippen LogP contribution >= 0.6 is 0 Å². The SMILES string of the molecule is CCCC(CNC(C)(C)C)N(C)CC1CCCC1. The van der Waals surface area contributed by atoms with Gasteiger partial charge in [-0.25, -0.2) is 0 Å². The molecule has 0 aromatic rings. The quantitative estimate of drug-likeness (QED) is 0.746. The molecule has 0 radical (unpaired) electrons. The van der Waals surface area contributed by atoms with Crippen LogP contribution in [0.3, 0.4) is 0 Å². The molecule has 0 aliphatic heterocycles. The molecule has 1 unspecified atom stereocenters. The Hall–Kier alpha value is -0.0800. The Kier molecular flexibility index (Phi) is 6.65. The van der Waals surface area contributed by atoms with Gasteiger partial charge in [0.25, 0.3) is 0 Å². The largest absolute Gasteiger partial charge is 0.311 e. The molecule has 1 rings (SSSR count). The summed E-state index contributed by atoms with van der Waals surface area (Å²) < 4.78 is 0. The lowest BCUT2D eigenvalue weighted by Crippen LogP contribution is -2.47. The van der Waals surface area contributed by atoms with Crippen molar-refractivity contribution in [3.63, 3.8) is 0 Å². The monoisotopic (exact) mass is 254 g/mol. The van der Waals surface area contributed by atoms with E-state index in [1.165, 1.54) is 45.1 Å². The van der Waals surface area contributed by atoms with E-state index in [0.29, 0.717) is 6.04 Å². The summed E-state index contributed by atoms with van der Waals surface area (Å²) in [5.41, 5.74) is 0.236. The summed E-state index contributed by atoms with van der Waals surface area (Å²) in [5.74, 6) is 0.962. The van der Waals surface area contributed by atoms with Gasteiger partial charge in [-0.05, 0) is 53.0 Å². The van der Waals surface area contributed by atoms with Gasteiger partial charge in [0.1, 0.15) is 0 Å². The maximum Gasteiger partial charge on any atom is 0.0217 e. The Labute approximate surface area is 115 Å². The molecular formula is C16H34N2. The van der Waals surface area contributed by atoms with Crippen LogP contribution in [0, 0.1) is 5.92 Å². The van der Waals surface area contributed by atoms with Gasteiger partial charge in [0.05, 0.1) is 0 Å². The van der Waals surface area contributed by atoms with E-state index in [1.54, 1.807) is 0 Å². The lowest BCUT2D eigenvalue weighted by molar-refractivity contribution is 0.183. The van der Waals surface area contributed by atoms with Crippen LogP contribution in [0.25, 0.3) is 0 Å². The predicted molar refractivity (Wildman–Crippen MR) is 81.0 cm³/mol. The first kappa shape index (κ1) is 16.0. The Bertz CT molecular complexity index is 214. The Balaban J connectivity index is 2.38. The zero-order valence-electron chi connectivity index (χ0n) is 13.3.